The van der Waals surface area contributed by atoms with E-state index in [0.717, 1.165) is 17.9 Å². The van der Waals surface area contributed by atoms with E-state index in [1.807, 2.05) is 35.7 Å². The summed E-state index contributed by atoms with van der Waals surface area (Å²) in [4.78, 5) is 0. The molecule has 2 aromatic rings. The lowest BCUT2D eigenvalue weighted by molar-refractivity contribution is 0.556. The number of nitrogens with zero attached hydrogens (tertiary/aromatic N) is 4. The van der Waals surface area contributed by atoms with Crippen LogP contribution in [0.15, 0.2) is 12.3 Å². The summed E-state index contributed by atoms with van der Waals surface area (Å²) in [5.41, 5.74) is 4.65. The molecule has 0 bridgehead atoms. The van der Waals surface area contributed by atoms with Crippen molar-refractivity contribution in [2.75, 3.05) is 0 Å². The van der Waals surface area contributed by atoms with Gasteiger partial charge in [0, 0.05) is 44.1 Å². The number of hydrogen-bond acceptors (Lipinski definition) is 3. The molecule has 0 radical (unpaired) electrons. The maximum absolute atomic E-state index is 4.45. The van der Waals surface area contributed by atoms with Gasteiger partial charge in [-0.25, -0.2) is 0 Å². The SMILES string of the molecule is Cc1nn(C)c(C)c1C(C)NCc1ccn(C)n1. The van der Waals surface area contributed by atoms with Crippen molar-refractivity contribution >= 4 is 0 Å². The third kappa shape index (κ3) is 2.46. The molecule has 1 unspecified atom stereocenters. The standard InChI is InChI=1S/C13H21N5/c1-9(13-10(2)15-18(5)11(13)3)14-8-12-6-7-17(4)16-12/h6-7,9,14H,8H2,1-5H3. The van der Waals surface area contributed by atoms with Crippen LogP contribution in [0.1, 0.15) is 35.6 Å². The van der Waals surface area contributed by atoms with Gasteiger partial charge in [0.2, 0.25) is 0 Å². The first-order valence-corrected chi connectivity index (χ1v) is 6.21. The Morgan fingerprint density at radius 2 is 2.00 bits per heavy atom. The molecule has 1 N–H and O–H groups in total. The van der Waals surface area contributed by atoms with Crippen molar-refractivity contribution in [1.82, 2.24) is 24.9 Å². The Kier molecular flexibility index (Phi) is 3.52. The fraction of sp³-hybridized carbons (Fsp3) is 0.538. The average molecular weight is 247 g/mol. The van der Waals surface area contributed by atoms with Gasteiger partial charge in [0.15, 0.2) is 0 Å². The zero-order valence-corrected chi connectivity index (χ0v) is 11.7. The van der Waals surface area contributed by atoms with Gasteiger partial charge in [-0.15, -0.1) is 0 Å². The minimum atomic E-state index is 0.278. The number of aryl methyl sites for hydroxylation is 3. The highest BCUT2D eigenvalue weighted by Crippen LogP contribution is 2.20. The summed E-state index contributed by atoms with van der Waals surface area (Å²) < 4.78 is 3.76. The molecule has 2 aromatic heterocycles. The molecule has 0 fully saturated rings. The van der Waals surface area contributed by atoms with E-state index in [2.05, 4.69) is 36.3 Å². The summed E-state index contributed by atoms with van der Waals surface area (Å²) in [7, 11) is 3.92. The van der Waals surface area contributed by atoms with E-state index in [0.29, 0.717) is 0 Å². The molecule has 98 valence electrons. The monoisotopic (exact) mass is 247 g/mol. The highest BCUT2D eigenvalue weighted by Gasteiger charge is 2.15. The molecule has 0 amide bonds. The van der Waals surface area contributed by atoms with Crippen LogP contribution in [0.4, 0.5) is 0 Å². The van der Waals surface area contributed by atoms with Crippen LogP contribution in [0, 0.1) is 13.8 Å². The molecule has 0 aliphatic rings. The molecule has 2 heterocycles. The van der Waals surface area contributed by atoms with E-state index in [9.17, 15) is 0 Å². The molecule has 1 atom stereocenters. The first kappa shape index (κ1) is 12.8. The van der Waals surface area contributed by atoms with Gasteiger partial charge in [-0.3, -0.25) is 9.36 Å². The maximum atomic E-state index is 4.45. The largest absolute Gasteiger partial charge is 0.304 e. The fourth-order valence-electron chi connectivity index (χ4n) is 2.33. The van der Waals surface area contributed by atoms with Gasteiger partial charge >= 0.3 is 0 Å². The van der Waals surface area contributed by atoms with Crippen LogP contribution in [0.2, 0.25) is 0 Å². The van der Waals surface area contributed by atoms with Crippen molar-refractivity contribution in [3.8, 4) is 0 Å². The summed E-state index contributed by atoms with van der Waals surface area (Å²) in [6.45, 7) is 7.10. The molecule has 0 saturated heterocycles. The lowest BCUT2D eigenvalue weighted by Crippen LogP contribution is -2.19. The number of aromatic nitrogens is 4. The van der Waals surface area contributed by atoms with E-state index < -0.39 is 0 Å². The Bertz CT molecular complexity index is 538. The van der Waals surface area contributed by atoms with E-state index in [4.69, 9.17) is 0 Å². The fourth-order valence-corrected chi connectivity index (χ4v) is 2.33. The summed E-state index contributed by atoms with van der Waals surface area (Å²) >= 11 is 0. The molecule has 5 nitrogen and oxygen atoms in total. The minimum Gasteiger partial charge on any atom is -0.304 e. The quantitative estimate of drug-likeness (QED) is 0.893. The van der Waals surface area contributed by atoms with Crippen LogP contribution >= 0.6 is 0 Å². The third-order valence-corrected chi connectivity index (χ3v) is 3.36. The molecule has 5 heteroatoms. The summed E-state index contributed by atoms with van der Waals surface area (Å²) in [5, 5.41) is 12.3. The molecular weight excluding hydrogens is 226 g/mol. The van der Waals surface area contributed by atoms with E-state index in [-0.39, 0.29) is 6.04 Å². The second kappa shape index (κ2) is 4.94. The molecule has 0 aromatic carbocycles. The van der Waals surface area contributed by atoms with E-state index in [1.54, 1.807) is 0 Å². The maximum Gasteiger partial charge on any atom is 0.0762 e. The van der Waals surface area contributed by atoms with Gasteiger partial charge in [0.05, 0.1) is 11.4 Å². The molecule has 0 saturated carbocycles. The first-order chi connectivity index (χ1) is 8.49. The smallest absolute Gasteiger partial charge is 0.0762 e. The first-order valence-electron chi connectivity index (χ1n) is 6.21. The van der Waals surface area contributed by atoms with Crippen molar-refractivity contribution in [2.24, 2.45) is 14.1 Å². The highest BCUT2D eigenvalue weighted by molar-refractivity contribution is 5.27. The zero-order valence-electron chi connectivity index (χ0n) is 11.7. The van der Waals surface area contributed by atoms with E-state index >= 15 is 0 Å². The van der Waals surface area contributed by atoms with Crippen molar-refractivity contribution < 1.29 is 0 Å². The summed E-state index contributed by atoms with van der Waals surface area (Å²) in [5.74, 6) is 0. The van der Waals surface area contributed by atoms with Crippen LogP contribution in [0.25, 0.3) is 0 Å². The van der Waals surface area contributed by atoms with Crippen molar-refractivity contribution in [3.05, 3.63) is 34.9 Å². The Morgan fingerprint density at radius 3 is 2.50 bits per heavy atom. The normalized spacial score (nSPS) is 12.9. The van der Waals surface area contributed by atoms with Gasteiger partial charge < -0.3 is 5.32 Å². The Hall–Kier alpha value is -1.62. The molecule has 0 aliphatic carbocycles. The Balaban J connectivity index is 2.05. The second-order valence-corrected chi connectivity index (χ2v) is 4.79. The van der Waals surface area contributed by atoms with Crippen LogP contribution < -0.4 is 5.32 Å². The van der Waals surface area contributed by atoms with Crippen molar-refractivity contribution in [2.45, 2.75) is 33.4 Å². The summed E-state index contributed by atoms with van der Waals surface area (Å²) in [6, 6.07) is 2.31. The van der Waals surface area contributed by atoms with E-state index in [1.165, 1.54) is 11.3 Å². The van der Waals surface area contributed by atoms with Gasteiger partial charge in [0.25, 0.3) is 0 Å². The average Bonchev–Trinajstić information content (AvgIpc) is 2.82. The lowest BCUT2D eigenvalue weighted by Gasteiger charge is -2.13. The zero-order chi connectivity index (χ0) is 13.3. The molecule has 0 spiro atoms. The predicted molar refractivity (Wildman–Crippen MR) is 71.1 cm³/mol. The number of rotatable bonds is 4. The summed E-state index contributed by atoms with van der Waals surface area (Å²) in [6.07, 6.45) is 1.96. The number of hydrogen-bond donors (Lipinski definition) is 1. The van der Waals surface area contributed by atoms with Crippen LogP contribution in [-0.4, -0.2) is 19.6 Å². The predicted octanol–water partition coefficient (Wildman–Crippen LogP) is 1.62. The molecule has 18 heavy (non-hydrogen) atoms. The van der Waals surface area contributed by atoms with Crippen LogP contribution in [0.3, 0.4) is 0 Å². The van der Waals surface area contributed by atoms with Crippen LogP contribution in [0.5, 0.6) is 0 Å². The lowest BCUT2D eigenvalue weighted by atomic mass is 10.1. The second-order valence-electron chi connectivity index (χ2n) is 4.79. The molecular formula is C13H21N5. The Morgan fingerprint density at radius 1 is 1.28 bits per heavy atom. The topological polar surface area (TPSA) is 47.7 Å². The highest BCUT2D eigenvalue weighted by atomic mass is 15.3. The van der Waals surface area contributed by atoms with Gasteiger partial charge in [-0.1, -0.05) is 0 Å². The Labute approximate surface area is 108 Å². The van der Waals surface area contributed by atoms with Crippen molar-refractivity contribution in [3.63, 3.8) is 0 Å². The van der Waals surface area contributed by atoms with Gasteiger partial charge in [-0.05, 0) is 26.8 Å². The molecule has 2 rings (SSSR count). The third-order valence-electron chi connectivity index (χ3n) is 3.36. The minimum absolute atomic E-state index is 0.278. The van der Waals surface area contributed by atoms with Crippen molar-refractivity contribution in [1.29, 1.82) is 0 Å². The van der Waals surface area contributed by atoms with Gasteiger partial charge in [-0.2, -0.15) is 10.2 Å². The number of nitrogens with one attached hydrogen (secondary N) is 1. The molecule has 0 aliphatic heterocycles. The van der Waals surface area contributed by atoms with Gasteiger partial charge in [0.1, 0.15) is 0 Å². The van der Waals surface area contributed by atoms with Crippen LogP contribution in [-0.2, 0) is 20.6 Å².